The number of ether oxygens (including phenoxy) is 4. The van der Waals surface area contributed by atoms with E-state index in [2.05, 4.69) is 55.4 Å². The molecule has 4 unspecified atom stereocenters. The molecule has 588 valence electrons. The zero-order valence-electron chi connectivity index (χ0n) is 65.1. The Morgan fingerprint density at radius 3 is 0.717 bits per heavy atom. The van der Waals surface area contributed by atoms with Gasteiger partial charge in [0.05, 0.1) is 26.4 Å². The lowest BCUT2D eigenvalue weighted by atomic mass is 9.99. The van der Waals surface area contributed by atoms with Gasteiger partial charge in [-0.3, -0.25) is 37.3 Å². The summed E-state index contributed by atoms with van der Waals surface area (Å²) in [5.74, 6) is 1.04. The first-order chi connectivity index (χ1) is 47.7. The second kappa shape index (κ2) is 69.1. The third kappa shape index (κ3) is 71.5. The molecule has 0 aromatic heterocycles. The second-order valence-electron chi connectivity index (χ2n) is 30.2. The number of rotatable bonds is 77. The number of hydrogen-bond acceptors (Lipinski definition) is 15. The lowest BCUT2D eigenvalue weighted by Gasteiger charge is -2.21. The molecule has 0 aromatic rings. The molecule has 0 radical (unpaired) electrons. The molecule has 0 spiro atoms. The highest BCUT2D eigenvalue weighted by Gasteiger charge is 2.30. The summed E-state index contributed by atoms with van der Waals surface area (Å²) in [4.78, 5) is 73.0. The number of hydrogen-bond donors (Lipinski definition) is 3. The fraction of sp³-hybridized carbons (Fsp3) is 0.950. The predicted octanol–water partition coefficient (Wildman–Crippen LogP) is 23.6. The maximum Gasteiger partial charge on any atom is 0.472 e. The Morgan fingerprint density at radius 1 is 0.283 bits per heavy atom. The zero-order valence-corrected chi connectivity index (χ0v) is 66.9. The number of phosphoric acid groups is 2. The maximum absolute atomic E-state index is 13.1. The van der Waals surface area contributed by atoms with Crippen LogP contribution >= 0.6 is 15.6 Å². The fourth-order valence-corrected chi connectivity index (χ4v) is 13.8. The van der Waals surface area contributed by atoms with Crippen LogP contribution in [0.1, 0.15) is 409 Å². The van der Waals surface area contributed by atoms with Gasteiger partial charge in [-0.15, -0.1) is 0 Å². The van der Waals surface area contributed by atoms with E-state index in [1.165, 1.54) is 212 Å². The van der Waals surface area contributed by atoms with Crippen molar-refractivity contribution in [3.05, 3.63) is 0 Å². The lowest BCUT2D eigenvalue weighted by Crippen LogP contribution is -2.30. The van der Waals surface area contributed by atoms with Crippen molar-refractivity contribution < 1.29 is 80.2 Å². The van der Waals surface area contributed by atoms with E-state index < -0.39 is 97.5 Å². The number of phosphoric ester groups is 2. The average Bonchev–Trinajstić information content (AvgIpc) is 1.51. The lowest BCUT2D eigenvalue weighted by molar-refractivity contribution is -0.161. The van der Waals surface area contributed by atoms with E-state index in [0.717, 1.165) is 114 Å². The normalized spacial score (nSPS) is 14.6. The molecular weight excluding hydrogens is 1290 g/mol. The van der Waals surface area contributed by atoms with Crippen molar-refractivity contribution in [3.63, 3.8) is 0 Å². The average molecular weight is 1450 g/mol. The van der Waals surface area contributed by atoms with Gasteiger partial charge in [-0.05, 0) is 49.4 Å². The van der Waals surface area contributed by atoms with Crippen molar-refractivity contribution in [3.8, 4) is 0 Å². The number of esters is 4. The largest absolute Gasteiger partial charge is 0.472 e. The first-order valence-corrected chi connectivity index (χ1v) is 44.3. The van der Waals surface area contributed by atoms with Crippen LogP contribution in [0.4, 0.5) is 0 Å². The Balaban J connectivity index is 5.26. The first kappa shape index (κ1) is 97.1. The van der Waals surface area contributed by atoms with Gasteiger partial charge in [-0.2, -0.15) is 0 Å². The predicted molar refractivity (Wildman–Crippen MR) is 404 cm³/mol. The van der Waals surface area contributed by atoms with Gasteiger partial charge < -0.3 is 33.8 Å². The van der Waals surface area contributed by atoms with Crippen molar-refractivity contribution in [1.82, 2.24) is 0 Å². The van der Waals surface area contributed by atoms with Crippen LogP contribution in [0, 0.1) is 23.7 Å². The molecule has 7 atom stereocenters. The molecule has 0 saturated carbocycles. The molecule has 0 aromatic carbocycles. The molecule has 0 saturated heterocycles. The van der Waals surface area contributed by atoms with Crippen LogP contribution in [0.3, 0.4) is 0 Å². The summed E-state index contributed by atoms with van der Waals surface area (Å²) < 4.78 is 68.7. The van der Waals surface area contributed by atoms with Crippen molar-refractivity contribution in [1.29, 1.82) is 0 Å². The molecule has 0 amide bonds. The molecule has 0 heterocycles. The summed E-state index contributed by atoms with van der Waals surface area (Å²) in [6.07, 6.45) is 55.4. The number of unbranched alkanes of at least 4 members (excludes halogenated alkanes) is 41. The Labute approximate surface area is 607 Å². The number of aliphatic hydroxyl groups is 1. The standard InChI is InChI=1S/C80H156O17P2/c1-9-72(7)58-50-42-34-26-20-16-12-14-18-22-28-38-46-54-62-79(84)96-75(66-90-77(82)60-52-44-36-27-21-17-13-11-15-19-24-32-40-48-56-70(3)4)68-94-98(86,87)92-64-74(81)65-93-99(88,89)95-69-76(97-80(85)63-55-47-39-29-23-25-33-41-49-57-71(5)6)67-91-78(83)61-53-45-37-31-30-35-43-51-59-73(8)10-2/h70-76,81H,9-69H2,1-8H3,(H,86,87)(H,88,89)/t72?,73?,74-,75-,76-/m1/s1. The Morgan fingerprint density at radius 2 is 0.485 bits per heavy atom. The molecular formula is C80H156O17P2. The van der Waals surface area contributed by atoms with E-state index >= 15 is 0 Å². The maximum atomic E-state index is 13.1. The Kier molecular flexibility index (Phi) is 67.8. The van der Waals surface area contributed by atoms with Gasteiger partial charge >= 0.3 is 39.5 Å². The van der Waals surface area contributed by atoms with E-state index in [-0.39, 0.29) is 25.7 Å². The van der Waals surface area contributed by atoms with Gasteiger partial charge in [0.1, 0.15) is 19.3 Å². The minimum absolute atomic E-state index is 0.105. The molecule has 0 fully saturated rings. The zero-order chi connectivity index (χ0) is 73.1. The summed E-state index contributed by atoms with van der Waals surface area (Å²) in [6.45, 7) is 14.3. The van der Waals surface area contributed by atoms with Gasteiger partial charge in [0.25, 0.3) is 0 Å². The van der Waals surface area contributed by atoms with Crippen LogP contribution in [0.25, 0.3) is 0 Å². The van der Waals surface area contributed by atoms with Crippen LogP contribution in [0.2, 0.25) is 0 Å². The van der Waals surface area contributed by atoms with E-state index in [9.17, 15) is 43.2 Å². The Bertz CT molecular complexity index is 1940. The molecule has 0 aliphatic carbocycles. The first-order valence-electron chi connectivity index (χ1n) is 41.3. The second-order valence-corrected chi connectivity index (χ2v) is 33.1. The van der Waals surface area contributed by atoms with Gasteiger partial charge in [-0.25, -0.2) is 9.13 Å². The van der Waals surface area contributed by atoms with E-state index in [0.29, 0.717) is 25.7 Å². The van der Waals surface area contributed by atoms with Gasteiger partial charge in [0, 0.05) is 25.7 Å². The summed E-state index contributed by atoms with van der Waals surface area (Å²) in [5, 5.41) is 10.6. The highest BCUT2D eigenvalue weighted by Crippen LogP contribution is 2.45. The third-order valence-corrected chi connectivity index (χ3v) is 21.2. The summed E-state index contributed by atoms with van der Waals surface area (Å²) in [5.41, 5.74) is 0. The number of carbonyl (C=O) groups excluding carboxylic acids is 4. The van der Waals surface area contributed by atoms with E-state index in [4.69, 9.17) is 37.0 Å². The monoisotopic (exact) mass is 1450 g/mol. The fourth-order valence-electron chi connectivity index (χ4n) is 12.2. The molecule has 3 N–H and O–H groups in total. The summed E-state index contributed by atoms with van der Waals surface area (Å²) >= 11 is 0. The van der Waals surface area contributed by atoms with Gasteiger partial charge in [0.2, 0.25) is 0 Å². The van der Waals surface area contributed by atoms with Crippen LogP contribution in [-0.4, -0.2) is 96.7 Å². The topological polar surface area (TPSA) is 237 Å². The highest BCUT2D eigenvalue weighted by atomic mass is 31.2. The highest BCUT2D eigenvalue weighted by molar-refractivity contribution is 7.47. The van der Waals surface area contributed by atoms with E-state index in [1.807, 2.05) is 0 Å². The molecule has 0 aliphatic heterocycles. The minimum Gasteiger partial charge on any atom is -0.462 e. The van der Waals surface area contributed by atoms with Crippen LogP contribution in [0.5, 0.6) is 0 Å². The molecule has 0 aliphatic rings. The summed E-state index contributed by atoms with van der Waals surface area (Å²) in [7, 11) is -9.92. The Hall–Kier alpha value is -1.94. The van der Waals surface area contributed by atoms with Crippen LogP contribution in [-0.2, 0) is 65.4 Å². The summed E-state index contributed by atoms with van der Waals surface area (Å²) in [6, 6.07) is 0. The molecule has 0 rings (SSSR count). The van der Waals surface area contributed by atoms with Gasteiger partial charge in [-0.1, -0.05) is 357 Å². The van der Waals surface area contributed by atoms with E-state index in [1.54, 1.807) is 0 Å². The van der Waals surface area contributed by atoms with Crippen LogP contribution < -0.4 is 0 Å². The SMILES string of the molecule is CCC(C)CCCCCCCCCCCCCCCCC(=O)O[C@H](COC(=O)CCCCCCCCCCCCCCCCC(C)C)COP(=O)(O)OC[C@@H](O)COP(=O)(O)OC[C@@H](COC(=O)CCCCCCCCCCC(C)CC)OC(=O)CCCCCCCCCCCC(C)C. The molecule has 17 nitrogen and oxygen atoms in total. The molecule has 99 heavy (non-hydrogen) atoms. The van der Waals surface area contributed by atoms with Crippen molar-refractivity contribution in [2.24, 2.45) is 23.7 Å². The quantitative estimate of drug-likeness (QED) is 0.0222. The number of carbonyl (C=O) groups is 4. The van der Waals surface area contributed by atoms with Crippen LogP contribution in [0.15, 0.2) is 0 Å². The van der Waals surface area contributed by atoms with Gasteiger partial charge in [0.15, 0.2) is 12.2 Å². The smallest absolute Gasteiger partial charge is 0.462 e. The van der Waals surface area contributed by atoms with Crippen molar-refractivity contribution >= 4 is 39.5 Å². The molecule has 19 heteroatoms. The van der Waals surface area contributed by atoms with Crippen molar-refractivity contribution in [2.45, 2.75) is 427 Å². The molecule has 0 bridgehead atoms. The van der Waals surface area contributed by atoms with Crippen molar-refractivity contribution in [2.75, 3.05) is 39.6 Å². The number of aliphatic hydroxyl groups excluding tert-OH is 1. The third-order valence-electron chi connectivity index (χ3n) is 19.3. The minimum atomic E-state index is -4.96.